The van der Waals surface area contributed by atoms with Crippen LogP contribution in [0.1, 0.15) is 18.4 Å². The lowest BCUT2D eigenvalue weighted by molar-refractivity contribution is -0.0497. The van der Waals surface area contributed by atoms with E-state index in [2.05, 4.69) is 39.2 Å². The molecule has 1 aliphatic rings. The fourth-order valence-corrected chi connectivity index (χ4v) is 3.40. The Morgan fingerprint density at radius 1 is 1.20 bits per heavy atom. The number of halogens is 3. The van der Waals surface area contributed by atoms with E-state index in [-0.39, 0.29) is 10.8 Å². The highest BCUT2D eigenvalue weighted by Crippen LogP contribution is 2.29. The smallest absolute Gasteiger partial charge is 0.387 e. The van der Waals surface area contributed by atoms with Crippen molar-refractivity contribution >= 4 is 17.3 Å². The number of piperidine rings is 1. The Balaban J connectivity index is 1.58. The second-order valence-electron chi connectivity index (χ2n) is 6.23. The van der Waals surface area contributed by atoms with E-state index in [1.807, 2.05) is 6.07 Å². The summed E-state index contributed by atoms with van der Waals surface area (Å²) in [6.45, 7) is 0.0683. The Bertz CT molecular complexity index is 684. The highest BCUT2D eigenvalue weighted by atomic mass is 35.5. The number of anilines is 1. The van der Waals surface area contributed by atoms with Crippen LogP contribution in [0.2, 0.25) is 5.02 Å². The van der Waals surface area contributed by atoms with Crippen LogP contribution in [-0.4, -0.2) is 30.6 Å². The largest absolute Gasteiger partial charge is 0.433 e. The maximum atomic E-state index is 12.3. The molecule has 0 radical (unpaired) electrons. The number of alkyl halides is 2. The number of ether oxygens (including phenoxy) is 1. The zero-order valence-corrected chi connectivity index (χ0v) is 14.6. The van der Waals surface area contributed by atoms with Crippen molar-refractivity contribution in [3.63, 3.8) is 0 Å². The summed E-state index contributed by atoms with van der Waals surface area (Å²) in [5, 5.41) is 3.63. The van der Waals surface area contributed by atoms with Gasteiger partial charge in [0.1, 0.15) is 5.75 Å². The third-order valence-corrected chi connectivity index (χ3v) is 4.57. The molecule has 1 N–H and O–H groups in total. The highest BCUT2D eigenvalue weighted by Gasteiger charge is 2.20. The molecule has 0 bridgehead atoms. The number of benzene rings is 2. The van der Waals surface area contributed by atoms with Crippen molar-refractivity contribution in [2.24, 2.45) is 0 Å². The predicted molar refractivity (Wildman–Crippen MR) is 96.4 cm³/mol. The Kier molecular flexibility index (Phi) is 6.10. The van der Waals surface area contributed by atoms with E-state index in [1.54, 1.807) is 12.1 Å². The lowest BCUT2D eigenvalue weighted by Crippen LogP contribution is -2.41. The standard InChI is InChI=1S/C19H21ClF2N2O/c20-17-11-15(8-9-18(17)25-19(21)22)23-16-7-4-10-24(13-16)12-14-5-2-1-3-6-14/h1-3,5-6,8-9,11,16,19,23H,4,7,10,12-13H2. The van der Waals surface area contributed by atoms with Crippen molar-refractivity contribution in [2.75, 3.05) is 18.4 Å². The summed E-state index contributed by atoms with van der Waals surface area (Å²) in [6, 6.07) is 15.5. The van der Waals surface area contributed by atoms with Crippen molar-refractivity contribution in [1.82, 2.24) is 4.90 Å². The topological polar surface area (TPSA) is 24.5 Å². The third-order valence-electron chi connectivity index (χ3n) is 4.27. The molecule has 1 saturated heterocycles. The summed E-state index contributed by atoms with van der Waals surface area (Å²) >= 11 is 6.02. The molecule has 0 spiro atoms. The van der Waals surface area contributed by atoms with Gasteiger partial charge in [-0.15, -0.1) is 0 Å². The van der Waals surface area contributed by atoms with E-state index in [9.17, 15) is 8.78 Å². The number of hydrogen-bond acceptors (Lipinski definition) is 3. The molecule has 1 aliphatic heterocycles. The average molecular weight is 367 g/mol. The maximum Gasteiger partial charge on any atom is 0.387 e. The van der Waals surface area contributed by atoms with E-state index in [0.717, 1.165) is 38.2 Å². The molecule has 134 valence electrons. The van der Waals surface area contributed by atoms with Crippen molar-refractivity contribution in [2.45, 2.75) is 32.0 Å². The van der Waals surface area contributed by atoms with Crippen LogP contribution in [0.25, 0.3) is 0 Å². The SMILES string of the molecule is FC(F)Oc1ccc(NC2CCCN(Cc3ccccc3)C2)cc1Cl. The monoisotopic (exact) mass is 366 g/mol. The summed E-state index contributed by atoms with van der Waals surface area (Å²) in [7, 11) is 0. The van der Waals surface area contributed by atoms with Gasteiger partial charge in [0.05, 0.1) is 5.02 Å². The number of nitrogens with zero attached hydrogens (tertiary/aromatic N) is 1. The summed E-state index contributed by atoms with van der Waals surface area (Å²) in [5.41, 5.74) is 2.12. The first-order chi connectivity index (χ1) is 12.1. The van der Waals surface area contributed by atoms with Gasteiger partial charge in [-0.05, 0) is 43.1 Å². The summed E-state index contributed by atoms with van der Waals surface area (Å²) in [5.74, 6) is -0.00318. The minimum absolute atomic E-state index is 0.00318. The normalized spacial score (nSPS) is 18.3. The molecule has 1 atom stereocenters. The molecule has 1 unspecified atom stereocenters. The van der Waals surface area contributed by atoms with Crippen LogP contribution in [0.4, 0.5) is 14.5 Å². The Morgan fingerprint density at radius 3 is 2.72 bits per heavy atom. The first kappa shape index (κ1) is 18.0. The lowest BCUT2D eigenvalue weighted by Gasteiger charge is -2.33. The zero-order valence-electron chi connectivity index (χ0n) is 13.8. The Morgan fingerprint density at radius 2 is 2.00 bits per heavy atom. The number of likely N-dealkylation sites (tertiary alicyclic amines) is 1. The second-order valence-corrected chi connectivity index (χ2v) is 6.64. The van der Waals surface area contributed by atoms with Gasteiger partial charge in [-0.25, -0.2) is 0 Å². The van der Waals surface area contributed by atoms with Gasteiger partial charge in [-0.1, -0.05) is 41.9 Å². The molecule has 1 fully saturated rings. The number of hydrogen-bond donors (Lipinski definition) is 1. The summed E-state index contributed by atoms with van der Waals surface area (Å²) < 4.78 is 29.0. The summed E-state index contributed by atoms with van der Waals surface area (Å²) in [4.78, 5) is 2.42. The van der Waals surface area contributed by atoms with Gasteiger partial charge in [0, 0.05) is 24.8 Å². The van der Waals surface area contributed by atoms with E-state index in [4.69, 9.17) is 11.6 Å². The molecule has 0 aromatic heterocycles. The van der Waals surface area contributed by atoms with Crippen LogP contribution < -0.4 is 10.1 Å². The van der Waals surface area contributed by atoms with E-state index < -0.39 is 6.61 Å². The molecule has 2 aromatic rings. The molecule has 0 aliphatic carbocycles. The van der Waals surface area contributed by atoms with Crippen LogP contribution in [0.3, 0.4) is 0 Å². The zero-order chi connectivity index (χ0) is 17.6. The van der Waals surface area contributed by atoms with Crippen LogP contribution in [0.15, 0.2) is 48.5 Å². The lowest BCUT2D eigenvalue weighted by atomic mass is 10.0. The molecular weight excluding hydrogens is 346 g/mol. The molecule has 1 heterocycles. The highest BCUT2D eigenvalue weighted by molar-refractivity contribution is 6.32. The maximum absolute atomic E-state index is 12.3. The van der Waals surface area contributed by atoms with E-state index >= 15 is 0 Å². The number of nitrogens with one attached hydrogen (secondary N) is 1. The summed E-state index contributed by atoms with van der Waals surface area (Å²) in [6.07, 6.45) is 2.18. The van der Waals surface area contributed by atoms with Crippen molar-refractivity contribution < 1.29 is 13.5 Å². The Labute approximate surface area is 151 Å². The minimum atomic E-state index is -2.87. The molecule has 3 rings (SSSR count). The van der Waals surface area contributed by atoms with Crippen molar-refractivity contribution in [1.29, 1.82) is 0 Å². The van der Waals surface area contributed by atoms with E-state index in [1.165, 1.54) is 11.6 Å². The quantitative estimate of drug-likeness (QED) is 0.777. The van der Waals surface area contributed by atoms with Gasteiger partial charge < -0.3 is 10.1 Å². The van der Waals surface area contributed by atoms with Crippen molar-refractivity contribution in [3.05, 3.63) is 59.1 Å². The average Bonchev–Trinajstić information content (AvgIpc) is 2.58. The fraction of sp³-hybridized carbons (Fsp3) is 0.368. The fourth-order valence-electron chi connectivity index (χ4n) is 3.18. The molecule has 0 amide bonds. The molecule has 25 heavy (non-hydrogen) atoms. The molecule has 2 aromatic carbocycles. The minimum Gasteiger partial charge on any atom is -0.433 e. The Hall–Kier alpha value is -1.85. The van der Waals surface area contributed by atoms with Crippen LogP contribution in [-0.2, 0) is 6.54 Å². The van der Waals surface area contributed by atoms with Crippen LogP contribution in [0.5, 0.6) is 5.75 Å². The molecule has 0 saturated carbocycles. The first-order valence-electron chi connectivity index (χ1n) is 8.37. The molecular formula is C19H21ClF2N2O. The van der Waals surface area contributed by atoms with E-state index in [0.29, 0.717) is 6.04 Å². The predicted octanol–water partition coefficient (Wildman–Crippen LogP) is 5.02. The number of rotatable bonds is 6. The van der Waals surface area contributed by atoms with Gasteiger partial charge in [0.2, 0.25) is 0 Å². The third kappa shape index (κ3) is 5.31. The van der Waals surface area contributed by atoms with Crippen LogP contribution in [0, 0.1) is 0 Å². The first-order valence-corrected chi connectivity index (χ1v) is 8.75. The van der Waals surface area contributed by atoms with Gasteiger partial charge in [0.15, 0.2) is 0 Å². The van der Waals surface area contributed by atoms with Gasteiger partial charge in [0.25, 0.3) is 0 Å². The van der Waals surface area contributed by atoms with Crippen molar-refractivity contribution in [3.8, 4) is 5.75 Å². The van der Waals surface area contributed by atoms with Gasteiger partial charge in [-0.3, -0.25) is 4.90 Å². The van der Waals surface area contributed by atoms with Gasteiger partial charge in [-0.2, -0.15) is 8.78 Å². The molecule has 6 heteroatoms. The molecule has 3 nitrogen and oxygen atoms in total. The second kappa shape index (κ2) is 8.50. The van der Waals surface area contributed by atoms with Gasteiger partial charge >= 0.3 is 6.61 Å². The van der Waals surface area contributed by atoms with Crippen LogP contribution >= 0.6 is 11.6 Å².